The molecule has 31 heavy (non-hydrogen) atoms. The maximum atomic E-state index is 14.0. The van der Waals surface area contributed by atoms with Crippen molar-refractivity contribution in [1.82, 2.24) is 19.2 Å². The first kappa shape index (κ1) is 21.1. The number of halogens is 1. The fourth-order valence-corrected chi connectivity index (χ4v) is 3.97. The zero-order valence-corrected chi connectivity index (χ0v) is 18.2. The summed E-state index contributed by atoms with van der Waals surface area (Å²) in [5.41, 5.74) is 12.8. The zero-order valence-electron chi connectivity index (χ0n) is 18.2. The minimum Gasteiger partial charge on any atom is -0.492 e. The van der Waals surface area contributed by atoms with E-state index in [2.05, 4.69) is 23.9 Å². The summed E-state index contributed by atoms with van der Waals surface area (Å²) in [7, 11) is 1.95. The van der Waals surface area contributed by atoms with E-state index in [0.717, 1.165) is 53.1 Å². The number of fused-ring (bicyclic) bond motifs is 1. The molecule has 0 bridgehead atoms. The summed E-state index contributed by atoms with van der Waals surface area (Å²) >= 11 is 0. The second kappa shape index (κ2) is 8.89. The van der Waals surface area contributed by atoms with E-state index in [1.165, 1.54) is 17.7 Å². The van der Waals surface area contributed by atoms with Crippen molar-refractivity contribution in [2.45, 2.75) is 33.1 Å². The number of ether oxygens (including phenoxy) is 1. The van der Waals surface area contributed by atoms with E-state index in [1.54, 1.807) is 6.07 Å². The summed E-state index contributed by atoms with van der Waals surface area (Å²) < 4.78 is 24.1. The van der Waals surface area contributed by atoms with Gasteiger partial charge < -0.3 is 14.9 Å². The summed E-state index contributed by atoms with van der Waals surface area (Å²) in [5.74, 6) is 0.206. The lowest BCUT2D eigenvalue weighted by molar-refractivity contribution is 0.321. The minimum atomic E-state index is -0.321. The van der Waals surface area contributed by atoms with Crippen LogP contribution in [0.25, 0.3) is 16.8 Å². The van der Waals surface area contributed by atoms with Gasteiger partial charge in [0.1, 0.15) is 17.2 Å². The van der Waals surface area contributed by atoms with Crippen molar-refractivity contribution in [3.63, 3.8) is 0 Å². The molecule has 0 fully saturated rings. The second-order valence-electron chi connectivity index (χ2n) is 7.66. The van der Waals surface area contributed by atoms with Crippen molar-refractivity contribution >= 4 is 5.65 Å². The lowest BCUT2D eigenvalue weighted by Crippen LogP contribution is -2.06. The number of imidazole rings is 1. The second-order valence-corrected chi connectivity index (χ2v) is 7.66. The summed E-state index contributed by atoms with van der Waals surface area (Å²) in [6.45, 7) is 5.16. The molecule has 6 nitrogen and oxygen atoms in total. The Bertz CT molecular complexity index is 1210. The molecule has 0 saturated heterocycles. The lowest BCUT2D eigenvalue weighted by Gasteiger charge is -2.13. The fourth-order valence-electron chi connectivity index (χ4n) is 3.97. The average molecular weight is 422 g/mol. The van der Waals surface area contributed by atoms with Gasteiger partial charge in [-0.05, 0) is 49.7 Å². The quantitative estimate of drug-likeness (QED) is 0.469. The Hall–Kier alpha value is -3.19. The highest BCUT2D eigenvalue weighted by molar-refractivity contribution is 5.71. The van der Waals surface area contributed by atoms with E-state index < -0.39 is 0 Å². The van der Waals surface area contributed by atoms with Gasteiger partial charge in [0, 0.05) is 60.9 Å². The number of nitrogens with zero attached hydrogens (tertiary/aromatic N) is 4. The van der Waals surface area contributed by atoms with E-state index >= 15 is 0 Å². The highest BCUT2D eigenvalue weighted by atomic mass is 19.1. The van der Waals surface area contributed by atoms with Crippen LogP contribution in [-0.4, -0.2) is 32.3 Å². The Balaban J connectivity index is 1.61. The van der Waals surface area contributed by atoms with Crippen LogP contribution in [0.5, 0.6) is 5.75 Å². The molecule has 4 rings (SSSR count). The molecular formula is C24H28FN5O. The molecule has 7 heteroatoms. The number of benzene rings is 1. The first-order chi connectivity index (χ1) is 15.0. The van der Waals surface area contributed by atoms with Gasteiger partial charge in [-0.3, -0.25) is 4.68 Å². The molecule has 1 aromatic carbocycles. The van der Waals surface area contributed by atoms with Crippen LogP contribution in [-0.2, 0) is 26.3 Å². The van der Waals surface area contributed by atoms with Gasteiger partial charge in [-0.2, -0.15) is 5.10 Å². The van der Waals surface area contributed by atoms with Crippen LogP contribution < -0.4 is 10.5 Å². The van der Waals surface area contributed by atoms with Crippen LogP contribution >= 0.6 is 0 Å². The van der Waals surface area contributed by atoms with Crippen LogP contribution in [0.15, 0.2) is 42.7 Å². The molecule has 4 aromatic rings. The molecule has 0 spiro atoms. The average Bonchev–Trinajstić information content (AvgIpc) is 3.29. The number of aromatic nitrogens is 4. The molecule has 3 heterocycles. The standard InChI is InChI=1S/C24H28FN5O/c1-4-22-20(16(2)29(3)28-22)10-12-31-23-13-18(25)6-7-21(23)17-5-8-24-27-14-19(9-11-26)30(24)15-17/h5-8,13-15H,4,9-12,26H2,1-3H3. The van der Waals surface area contributed by atoms with E-state index in [-0.39, 0.29) is 5.82 Å². The minimum absolute atomic E-state index is 0.321. The van der Waals surface area contributed by atoms with E-state index in [9.17, 15) is 4.39 Å². The van der Waals surface area contributed by atoms with E-state index in [4.69, 9.17) is 10.5 Å². The fraction of sp³-hybridized carbons (Fsp3) is 0.333. The summed E-state index contributed by atoms with van der Waals surface area (Å²) in [5, 5.41) is 4.56. The predicted molar refractivity (Wildman–Crippen MR) is 120 cm³/mol. The molecule has 0 aliphatic carbocycles. The van der Waals surface area contributed by atoms with Crippen LogP contribution in [0.3, 0.4) is 0 Å². The molecule has 0 aliphatic heterocycles. The normalized spacial score (nSPS) is 11.4. The van der Waals surface area contributed by atoms with Gasteiger partial charge in [0.05, 0.1) is 12.3 Å². The van der Waals surface area contributed by atoms with Crippen LogP contribution in [0.2, 0.25) is 0 Å². The Morgan fingerprint density at radius 3 is 2.77 bits per heavy atom. The Morgan fingerprint density at radius 2 is 2.00 bits per heavy atom. The van der Waals surface area contributed by atoms with E-state index in [1.807, 2.05) is 40.7 Å². The number of hydrogen-bond donors (Lipinski definition) is 1. The third kappa shape index (κ3) is 4.18. The first-order valence-corrected chi connectivity index (χ1v) is 10.6. The molecule has 0 unspecified atom stereocenters. The maximum Gasteiger partial charge on any atom is 0.136 e. The molecule has 0 saturated carbocycles. The molecule has 162 valence electrons. The highest BCUT2D eigenvalue weighted by Gasteiger charge is 2.14. The van der Waals surface area contributed by atoms with Crippen molar-refractivity contribution in [3.8, 4) is 16.9 Å². The summed E-state index contributed by atoms with van der Waals surface area (Å²) in [4.78, 5) is 4.43. The number of aryl methyl sites for hydroxylation is 2. The number of nitrogens with two attached hydrogens (primary N) is 1. The van der Waals surface area contributed by atoms with Gasteiger partial charge in [-0.25, -0.2) is 9.37 Å². The predicted octanol–water partition coefficient (Wildman–Crippen LogP) is 3.87. The summed E-state index contributed by atoms with van der Waals surface area (Å²) in [6, 6.07) is 8.61. The van der Waals surface area contributed by atoms with Crippen molar-refractivity contribution in [2.24, 2.45) is 12.8 Å². The zero-order chi connectivity index (χ0) is 22.0. The smallest absolute Gasteiger partial charge is 0.136 e. The molecule has 0 aliphatic rings. The van der Waals surface area contributed by atoms with Gasteiger partial charge in [-0.1, -0.05) is 6.92 Å². The van der Waals surface area contributed by atoms with Gasteiger partial charge in [-0.15, -0.1) is 0 Å². The van der Waals surface area contributed by atoms with Crippen molar-refractivity contribution in [2.75, 3.05) is 13.2 Å². The van der Waals surface area contributed by atoms with Crippen molar-refractivity contribution in [1.29, 1.82) is 0 Å². The number of hydrogen-bond acceptors (Lipinski definition) is 4. The van der Waals surface area contributed by atoms with Gasteiger partial charge >= 0.3 is 0 Å². The highest BCUT2D eigenvalue weighted by Crippen LogP contribution is 2.31. The Kier molecular flexibility index (Phi) is 6.04. The number of pyridine rings is 1. The lowest BCUT2D eigenvalue weighted by atomic mass is 10.1. The topological polar surface area (TPSA) is 70.4 Å². The molecule has 0 radical (unpaired) electrons. The van der Waals surface area contributed by atoms with Crippen molar-refractivity contribution in [3.05, 3.63) is 71.2 Å². The number of rotatable bonds is 8. The molecule has 3 aromatic heterocycles. The molecule has 0 amide bonds. The third-order valence-corrected chi connectivity index (χ3v) is 5.72. The van der Waals surface area contributed by atoms with Crippen LogP contribution in [0.4, 0.5) is 4.39 Å². The molecule has 2 N–H and O–H groups in total. The Morgan fingerprint density at radius 1 is 1.16 bits per heavy atom. The maximum absolute atomic E-state index is 14.0. The van der Waals surface area contributed by atoms with Crippen LogP contribution in [0, 0.1) is 12.7 Å². The molecular weight excluding hydrogens is 393 g/mol. The monoisotopic (exact) mass is 421 g/mol. The van der Waals surface area contributed by atoms with Crippen molar-refractivity contribution < 1.29 is 9.13 Å². The largest absolute Gasteiger partial charge is 0.492 e. The van der Waals surface area contributed by atoms with Gasteiger partial charge in [0.2, 0.25) is 0 Å². The van der Waals surface area contributed by atoms with Crippen LogP contribution in [0.1, 0.15) is 29.6 Å². The SMILES string of the molecule is CCc1nn(C)c(C)c1CCOc1cc(F)ccc1-c1ccc2ncc(CCN)n2c1. The van der Waals surface area contributed by atoms with Gasteiger partial charge in [0.15, 0.2) is 0 Å². The van der Waals surface area contributed by atoms with Gasteiger partial charge in [0.25, 0.3) is 0 Å². The molecule has 0 atom stereocenters. The van der Waals surface area contributed by atoms with E-state index in [0.29, 0.717) is 18.9 Å². The Labute approximate surface area is 181 Å². The first-order valence-electron chi connectivity index (χ1n) is 10.6. The summed E-state index contributed by atoms with van der Waals surface area (Å²) in [6.07, 6.45) is 6.18. The third-order valence-electron chi connectivity index (χ3n) is 5.72.